The van der Waals surface area contributed by atoms with Gasteiger partial charge in [-0.15, -0.1) is 0 Å². The third-order valence-electron chi connectivity index (χ3n) is 4.60. The lowest BCUT2D eigenvalue weighted by molar-refractivity contribution is -0.149. The van der Waals surface area contributed by atoms with Gasteiger partial charge in [-0.2, -0.15) is 0 Å². The maximum atomic E-state index is 12.7. The fourth-order valence-electron chi connectivity index (χ4n) is 3.29. The van der Waals surface area contributed by atoms with Crippen molar-refractivity contribution in [3.8, 4) is 11.4 Å². The van der Waals surface area contributed by atoms with E-state index in [1.807, 2.05) is 44.2 Å². The van der Waals surface area contributed by atoms with Crippen LogP contribution < -0.4 is 4.74 Å². The van der Waals surface area contributed by atoms with E-state index in [-0.39, 0.29) is 17.6 Å². The van der Waals surface area contributed by atoms with Gasteiger partial charge in [-0.3, -0.25) is 19.3 Å². The summed E-state index contributed by atoms with van der Waals surface area (Å²) in [6, 6.07) is 9.64. The highest BCUT2D eigenvalue weighted by Gasteiger charge is 2.37. The van der Waals surface area contributed by atoms with Crippen LogP contribution in [0.1, 0.15) is 30.8 Å². The Kier molecular flexibility index (Phi) is 6.36. The molecule has 1 fully saturated rings. The summed E-state index contributed by atoms with van der Waals surface area (Å²) in [6.07, 6.45) is 1.38. The Balaban J connectivity index is 1.88. The van der Waals surface area contributed by atoms with Crippen molar-refractivity contribution in [2.24, 2.45) is 0 Å². The van der Waals surface area contributed by atoms with Gasteiger partial charge in [0.15, 0.2) is 0 Å². The fourth-order valence-corrected chi connectivity index (χ4v) is 4.12. The highest BCUT2D eigenvalue weighted by atomic mass is 32.2. The number of esters is 1. The van der Waals surface area contributed by atoms with E-state index in [1.165, 1.54) is 0 Å². The first-order chi connectivity index (χ1) is 14.2. The van der Waals surface area contributed by atoms with Crippen LogP contribution in [-0.2, 0) is 14.3 Å². The number of benzene rings is 1. The molecule has 8 heteroatoms. The first-order valence-corrected chi connectivity index (χ1v) is 10.3. The lowest BCUT2D eigenvalue weighted by atomic mass is 10.2. The number of hydrogen-bond acceptors (Lipinski definition) is 6. The predicted molar refractivity (Wildman–Crippen MR) is 116 cm³/mol. The van der Waals surface area contributed by atoms with Crippen molar-refractivity contribution < 1.29 is 23.9 Å². The summed E-state index contributed by atoms with van der Waals surface area (Å²) in [5.41, 5.74) is 3.66. The van der Waals surface area contributed by atoms with Gasteiger partial charge in [0.2, 0.25) is 0 Å². The summed E-state index contributed by atoms with van der Waals surface area (Å²) >= 11 is 0.825. The Morgan fingerprint density at radius 2 is 1.93 bits per heavy atom. The smallest absolute Gasteiger partial charge is 0.326 e. The second-order valence-corrected chi connectivity index (χ2v) is 8.16. The molecule has 1 aromatic heterocycles. The zero-order valence-corrected chi connectivity index (χ0v) is 18.4. The number of carbonyl (C=O) groups is 3. The standard InChI is InChI=1S/C22H24N2O5S/c1-13(2)29-20(25)12-23-21(26)19(30-22(23)27)10-16-9-14(3)24(15(16)4)17-7-6-8-18(11-17)28-5/h6-11,13H,12H2,1-5H3/b19-10+. The van der Waals surface area contributed by atoms with E-state index >= 15 is 0 Å². The molecule has 0 spiro atoms. The van der Waals surface area contributed by atoms with Crippen molar-refractivity contribution in [2.45, 2.75) is 33.8 Å². The molecule has 2 amide bonds. The van der Waals surface area contributed by atoms with Crippen LogP contribution in [-0.4, -0.2) is 46.3 Å². The molecule has 0 unspecified atom stereocenters. The lowest BCUT2D eigenvalue weighted by Gasteiger charge is -2.13. The van der Waals surface area contributed by atoms with E-state index in [9.17, 15) is 14.4 Å². The first kappa shape index (κ1) is 21.7. The predicted octanol–water partition coefficient (Wildman–Crippen LogP) is 4.09. The van der Waals surface area contributed by atoms with Crippen molar-refractivity contribution in [2.75, 3.05) is 13.7 Å². The molecule has 0 bridgehead atoms. The summed E-state index contributed by atoms with van der Waals surface area (Å²) in [5.74, 6) is -0.349. The molecule has 0 aliphatic carbocycles. The van der Waals surface area contributed by atoms with E-state index < -0.39 is 17.1 Å². The lowest BCUT2D eigenvalue weighted by Crippen LogP contribution is -2.35. The Hall–Kier alpha value is -3.00. The zero-order chi connectivity index (χ0) is 22.0. The monoisotopic (exact) mass is 428 g/mol. The number of aryl methyl sites for hydroxylation is 1. The zero-order valence-electron chi connectivity index (χ0n) is 17.6. The highest BCUT2D eigenvalue weighted by Crippen LogP contribution is 2.34. The fraction of sp³-hybridized carbons (Fsp3) is 0.318. The van der Waals surface area contributed by atoms with Gasteiger partial charge in [-0.05, 0) is 69.3 Å². The molecule has 7 nitrogen and oxygen atoms in total. The van der Waals surface area contributed by atoms with Crippen LogP contribution >= 0.6 is 11.8 Å². The van der Waals surface area contributed by atoms with E-state index in [1.54, 1.807) is 27.0 Å². The minimum Gasteiger partial charge on any atom is -0.497 e. The van der Waals surface area contributed by atoms with E-state index in [2.05, 4.69) is 4.57 Å². The SMILES string of the molecule is COc1cccc(-n2c(C)cc(/C=C3/SC(=O)N(CC(=O)OC(C)C)C3=O)c2C)c1. The highest BCUT2D eigenvalue weighted by molar-refractivity contribution is 8.18. The van der Waals surface area contributed by atoms with Gasteiger partial charge in [-0.25, -0.2) is 0 Å². The van der Waals surface area contributed by atoms with Crippen LogP contribution in [0.5, 0.6) is 5.75 Å². The Morgan fingerprint density at radius 3 is 2.60 bits per heavy atom. The first-order valence-electron chi connectivity index (χ1n) is 9.49. The minimum absolute atomic E-state index is 0.281. The van der Waals surface area contributed by atoms with Gasteiger partial charge >= 0.3 is 5.97 Å². The number of imide groups is 1. The Bertz CT molecular complexity index is 1040. The Morgan fingerprint density at radius 1 is 1.20 bits per heavy atom. The van der Waals surface area contributed by atoms with Crippen LogP contribution in [0.4, 0.5) is 4.79 Å². The van der Waals surface area contributed by atoms with Crippen molar-refractivity contribution in [3.05, 3.63) is 52.2 Å². The number of carbonyl (C=O) groups excluding carboxylic acids is 3. The molecule has 0 N–H and O–H groups in total. The molecular weight excluding hydrogens is 404 g/mol. The van der Waals surface area contributed by atoms with Crippen molar-refractivity contribution in [1.82, 2.24) is 9.47 Å². The second kappa shape index (κ2) is 8.79. The number of methoxy groups -OCH3 is 1. The van der Waals surface area contributed by atoms with Crippen molar-refractivity contribution in [1.29, 1.82) is 0 Å². The van der Waals surface area contributed by atoms with Crippen LogP contribution in [0, 0.1) is 13.8 Å². The van der Waals surface area contributed by atoms with Crippen LogP contribution in [0.3, 0.4) is 0 Å². The summed E-state index contributed by atoms with van der Waals surface area (Å²) in [4.78, 5) is 38.0. The van der Waals surface area contributed by atoms with Gasteiger partial charge in [-0.1, -0.05) is 6.07 Å². The van der Waals surface area contributed by atoms with E-state index in [0.717, 1.165) is 45.1 Å². The maximum Gasteiger partial charge on any atom is 0.326 e. The maximum absolute atomic E-state index is 12.7. The molecule has 1 aliphatic heterocycles. The number of amides is 2. The third kappa shape index (κ3) is 4.43. The van der Waals surface area contributed by atoms with Gasteiger partial charge in [0.25, 0.3) is 11.1 Å². The van der Waals surface area contributed by atoms with Crippen LogP contribution in [0.2, 0.25) is 0 Å². The average Bonchev–Trinajstić information content (AvgIpc) is 3.11. The van der Waals surface area contributed by atoms with Crippen LogP contribution in [0.15, 0.2) is 35.2 Å². The number of thioether (sulfide) groups is 1. The van der Waals surface area contributed by atoms with Crippen LogP contribution in [0.25, 0.3) is 11.8 Å². The van der Waals surface area contributed by atoms with Crippen molar-refractivity contribution in [3.63, 3.8) is 0 Å². The number of nitrogens with zero attached hydrogens (tertiary/aromatic N) is 2. The number of ether oxygens (including phenoxy) is 2. The van der Waals surface area contributed by atoms with Gasteiger partial charge in [0.1, 0.15) is 12.3 Å². The molecule has 30 heavy (non-hydrogen) atoms. The quantitative estimate of drug-likeness (QED) is 0.509. The van der Waals surface area contributed by atoms with Gasteiger partial charge in [0.05, 0.1) is 18.1 Å². The molecule has 2 aromatic rings. The summed E-state index contributed by atoms with van der Waals surface area (Å²) in [5, 5.41) is -0.478. The molecule has 0 saturated carbocycles. The molecule has 1 aliphatic rings. The summed E-state index contributed by atoms with van der Waals surface area (Å²) < 4.78 is 12.4. The molecular formula is C22H24N2O5S. The molecule has 1 aromatic carbocycles. The van der Waals surface area contributed by atoms with Crippen molar-refractivity contribution >= 4 is 35.0 Å². The van der Waals surface area contributed by atoms with E-state index in [4.69, 9.17) is 9.47 Å². The molecule has 158 valence electrons. The normalized spacial score (nSPS) is 15.4. The minimum atomic E-state index is -0.607. The molecule has 0 radical (unpaired) electrons. The second-order valence-electron chi connectivity index (χ2n) is 7.17. The van der Waals surface area contributed by atoms with E-state index in [0.29, 0.717) is 0 Å². The third-order valence-corrected chi connectivity index (χ3v) is 5.50. The topological polar surface area (TPSA) is 77.8 Å². The van der Waals surface area contributed by atoms with Gasteiger partial charge in [0, 0.05) is 23.1 Å². The molecule has 2 heterocycles. The number of aromatic nitrogens is 1. The Labute approximate surface area is 179 Å². The number of rotatable bonds is 6. The molecule has 1 saturated heterocycles. The van der Waals surface area contributed by atoms with Gasteiger partial charge < -0.3 is 14.0 Å². The summed E-state index contributed by atoms with van der Waals surface area (Å²) in [7, 11) is 1.62. The summed E-state index contributed by atoms with van der Waals surface area (Å²) in [6.45, 7) is 6.95. The number of hydrogen-bond donors (Lipinski definition) is 0. The molecule has 3 rings (SSSR count). The molecule has 0 atom stereocenters. The largest absolute Gasteiger partial charge is 0.497 e. The average molecular weight is 429 g/mol.